The summed E-state index contributed by atoms with van der Waals surface area (Å²) in [6.07, 6.45) is 5.55. The van der Waals surface area contributed by atoms with Gasteiger partial charge in [-0.05, 0) is 18.4 Å². The molecule has 0 saturated heterocycles. The van der Waals surface area contributed by atoms with Crippen molar-refractivity contribution in [2.75, 3.05) is 39.9 Å². The molecule has 0 unspecified atom stereocenters. The molecule has 0 aliphatic heterocycles. The van der Waals surface area contributed by atoms with Crippen molar-refractivity contribution >= 4 is 29.4 Å². The number of hydrogen-bond acceptors (Lipinski definition) is 7. The van der Waals surface area contributed by atoms with E-state index in [1.165, 1.54) is 11.8 Å². The Labute approximate surface area is 157 Å². The van der Waals surface area contributed by atoms with E-state index < -0.39 is 0 Å². The lowest BCUT2D eigenvalue weighted by atomic mass is 10.2. The van der Waals surface area contributed by atoms with E-state index in [2.05, 4.69) is 15.3 Å². The van der Waals surface area contributed by atoms with Gasteiger partial charge < -0.3 is 19.7 Å². The number of carbonyl (C=O) groups excluding carboxylic acids is 1. The number of aromatic nitrogens is 2. The van der Waals surface area contributed by atoms with E-state index in [1.807, 2.05) is 37.5 Å². The fraction of sp³-hybridized carbons (Fsp3) is 0.278. The highest BCUT2D eigenvalue weighted by atomic mass is 32.2. The van der Waals surface area contributed by atoms with Gasteiger partial charge in [0.1, 0.15) is 17.2 Å². The van der Waals surface area contributed by atoms with Gasteiger partial charge >= 0.3 is 0 Å². The van der Waals surface area contributed by atoms with Crippen LogP contribution in [0.2, 0.25) is 0 Å². The number of nitrogens with one attached hydrogen (secondary N) is 1. The topological polar surface area (TPSA) is 76.6 Å². The Hall–Kier alpha value is -2.74. The molecule has 0 aliphatic carbocycles. The Morgan fingerprint density at radius 1 is 1.12 bits per heavy atom. The van der Waals surface area contributed by atoms with Crippen LogP contribution in [0, 0.1) is 0 Å². The first kappa shape index (κ1) is 19.6. The van der Waals surface area contributed by atoms with Gasteiger partial charge in [-0.15, -0.1) is 0 Å². The van der Waals surface area contributed by atoms with Crippen LogP contribution in [0.5, 0.6) is 11.5 Å². The summed E-state index contributed by atoms with van der Waals surface area (Å²) >= 11 is 1.38. The first-order valence-corrected chi connectivity index (χ1v) is 8.99. The van der Waals surface area contributed by atoms with Crippen molar-refractivity contribution in [3.8, 4) is 11.5 Å². The average molecular weight is 374 g/mol. The van der Waals surface area contributed by atoms with Gasteiger partial charge in [0, 0.05) is 44.2 Å². The van der Waals surface area contributed by atoms with E-state index in [-0.39, 0.29) is 11.6 Å². The molecular weight excluding hydrogens is 352 g/mol. The van der Waals surface area contributed by atoms with Crippen LogP contribution in [0.25, 0.3) is 6.08 Å². The number of carbonyl (C=O) groups is 1. The van der Waals surface area contributed by atoms with Crippen molar-refractivity contribution in [1.82, 2.24) is 14.9 Å². The van der Waals surface area contributed by atoms with Gasteiger partial charge in [0.05, 0.1) is 19.9 Å². The van der Waals surface area contributed by atoms with Crippen LogP contribution < -0.4 is 14.8 Å². The molecule has 0 aliphatic rings. The summed E-state index contributed by atoms with van der Waals surface area (Å²) in [5.74, 6) is 0.834. The lowest BCUT2D eigenvalue weighted by Gasteiger charge is -2.10. The van der Waals surface area contributed by atoms with Gasteiger partial charge in [-0.1, -0.05) is 11.8 Å². The molecule has 8 heteroatoms. The molecule has 1 amide bonds. The Morgan fingerprint density at radius 2 is 1.77 bits per heavy atom. The lowest BCUT2D eigenvalue weighted by molar-refractivity contribution is 0.102. The van der Waals surface area contributed by atoms with Crippen LogP contribution in [-0.4, -0.2) is 55.3 Å². The van der Waals surface area contributed by atoms with Gasteiger partial charge in [0.15, 0.2) is 5.16 Å². The molecule has 0 saturated carbocycles. The maximum Gasteiger partial charge on any atom is 0.274 e. The Bertz CT molecular complexity index is 787. The van der Waals surface area contributed by atoms with Gasteiger partial charge in [-0.25, -0.2) is 9.97 Å². The third-order valence-corrected chi connectivity index (χ3v) is 3.84. The highest BCUT2D eigenvalue weighted by Crippen LogP contribution is 2.26. The van der Waals surface area contributed by atoms with Gasteiger partial charge in [-0.3, -0.25) is 4.79 Å². The van der Waals surface area contributed by atoms with Crippen molar-refractivity contribution in [2.24, 2.45) is 0 Å². The molecule has 1 N–H and O–H groups in total. The molecule has 0 spiro atoms. The summed E-state index contributed by atoms with van der Waals surface area (Å²) in [4.78, 5) is 23.2. The van der Waals surface area contributed by atoms with E-state index in [0.717, 1.165) is 0 Å². The molecule has 0 bridgehead atoms. The zero-order valence-corrected chi connectivity index (χ0v) is 16.3. The molecule has 1 heterocycles. The van der Waals surface area contributed by atoms with Crippen LogP contribution in [0.1, 0.15) is 16.2 Å². The van der Waals surface area contributed by atoms with E-state index in [1.54, 1.807) is 38.5 Å². The molecule has 26 heavy (non-hydrogen) atoms. The van der Waals surface area contributed by atoms with Crippen molar-refractivity contribution in [1.29, 1.82) is 0 Å². The number of thioether (sulfide) groups is 1. The molecule has 2 aromatic rings. The molecule has 0 radical (unpaired) electrons. The third-order valence-electron chi connectivity index (χ3n) is 3.29. The standard InChI is InChI=1S/C18H22N4O3S/c1-22(2)7-6-12-10-16(21-18(20-12)26-5)17(23)19-13-8-14(24-3)11-15(9-13)25-4/h6-11H,1-5H3,(H,19,23). The highest BCUT2D eigenvalue weighted by molar-refractivity contribution is 7.98. The van der Waals surface area contributed by atoms with Crippen LogP contribution in [-0.2, 0) is 0 Å². The number of hydrogen-bond donors (Lipinski definition) is 1. The van der Waals surface area contributed by atoms with E-state index >= 15 is 0 Å². The third kappa shape index (κ3) is 5.38. The first-order chi connectivity index (χ1) is 12.4. The van der Waals surface area contributed by atoms with Crippen LogP contribution in [0.4, 0.5) is 5.69 Å². The average Bonchev–Trinajstić information content (AvgIpc) is 2.65. The normalized spacial score (nSPS) is 10.7. The summed E-state index contributed by atoms with van der Waals surface area (Å²) in [7, 11) is 6.94. The highest BCUT2D eigenvalue weighted by Gasteiger charge is 2.13. The first-order valence-electron chi connectivity index (χ1n) is 7.77. The summed E-state index contributed by atoms with van der Waals surface area (Å²) in [5.41, 5.74) is 1.50. The molecule has 138 valence electrons. The minimum Gasteiger partial charge on any atom is -0.497 e. The number of ether oxygens (including phenoxy) is 2. The van der Waals surface area contributed by atoms with Crippen molar-refractivity contribution in [3.63, 3.8) is 0 Å². The number of benzene rings is 1. The molecular formula is C18H22N4O3S. The SMILES string of the molecule is COc1cc(NC(=O)c2cc(C=CN(C)C)nc(SC)n2)cc(OC)c1. The number of rotatable bonds is 7. The second-order valence-electron chi connectivity index (χ2n) is 5.50. The molecule has 1 aromatic carbocycles. The van der Waals surface area contributed by atoms with E-state index in [9.17, 15) is 4.79 Å². The van der Waals surface area contributed by atoms with Gasteiger partial charge in [0.2, 0.25) is 0 Å². The smallest absolute Gasteiger partial charge is 0.274 e. The fourth-order valence-corrected chi connectivity index (χ4v) is 2.42. The molecule has 0 fully saturated rings. The van der Waals surface area contributed by atoms with Crippen molar-refractivity contribution < 1.29 is 14.3 Å². The van der Waals surface area contributed by atoms with E-state index in [4.69, 9.17) is 9.47 Å². The Balaban J connectivity index is 2.30. The summed E-state index contributed by atoms with van der Waals surface area (Å²) in [5, 5.41) is 3.35. The van der Waals surface area contributed by atoms with Gasteiger partial charge in [0.25, 0.3) is 5.91 Å². The summed E-state index contributed by atoms with van der Waals surface area (Å²) in [6, 6.07) is 6.80. The maximum absolute atomic E-state index is 12.6. The lowest BCUT2D eigenvalue weighted by Crippen LogP contribution is -2.15. The Morgan fingerprint density at radius 3 is 2.31 bits per heavy atom. The quantitative estimate of drug-likeness (QED) is 0.590. The van der Waals surface area contributed by atoms with Crippen LogP contribution in [0.3, 0.4) is 0 Å². The minimum atomic E-state index is -0.336. The van der Waals surface area contributed by atoms with Crippen molar-refractivity contribution in [2.45, 2.75) is 5.16 Å². The zero-order chi connectivity index (χ0) is 19.1. The monoisotopic (exact) mass is 374 g/mol. The summed E-state index contributed by atoms with van der Waals surface area (Å²) in [6.45, 7) is 0. The fourth-order valence-electron chi connectivity index (χ4n) is 2.04. The Kier molecular flexibility index (Phi) is 6.85. The molecule has 0 atom stereocenters. The number of amides is 1. The molecule has 1 aromatic heterocycles. The second-order valence-corrected chi connectivity index (χ2v) is 6.27. The van der Waals surface area contributed by atoms with Crippen LogP contribution >= 0.6 is 11.8 Å². The molecule has 2 rings (SSSR count). The minimum absolute atomic E-state index is 0.282. The number of methoxy groups -OCH3 is 2. The number of anilines is 1. The van der Waals surface area contributed by atoms with E-state index in [0.29, 0.717) is 28.0 Å². The second kappa shape index (κ2) is 9.10. The van der Waals surface area contributed by atoms with Crippen molar-refractivity contribution in [3.05, 3.63) is 41.9 Å². The number of nitrogens with zero attached hydrogens (tertiary/aromatic N) is 3. The molecule has 7 nitrogen and oxygen atoms in total. The maximum atomic E-state index is 12.6. The summed E-state index contributed by atoms with van der Waals surface area (Å²) < 4.78 is 10.4. The predicted octanol–water partition coefficient (Wildman–Crippen LogP) is 3.00. The van der Waals surface area contributed by atoms with Crippen LogP contribution in [0.15, 0.2) is 35.6 Å². The van der Waals surface area contributed by atoms with Gasteiger partial charge in [-0.2, -0.15) is 0 Å². The zero-order valence-electron chi connectivity index (χ0n) is 15.4. The predicted molar refractivity (Wildman–Crippen MR) is 104 cm³/mol. The largest absolute Gasteiger partial charge is 0.497 e.